The Hall–Kier alpha value is -1.96. The monoisotopic (exact) mass is 492 g/mol. The van der Waals surface area contributed by atoms with Crippen molar-refractivity contribution >= 4 is 23.5 Å². The summed E-state index contributed by atoms with van der Waals surface area (Å²) in [4.78, 5) is 58.2. The highest BCUT2D eigenvalue weighted by Crippen LogP contribution is 2.29. The van der Waals surface area contributed by atoms with Gasteiger partial charge in [-0.15, -0.1) is 0 Å². The lowest BCUT2D eigenvalue weighted by atomic mass is 9.88. The topological polar surface area (TPSA) is 90.0 Å². The maximum Gasteiger partial charge on any atom is 0.246 e. The molecule has 2 aliphatic rings. The summed E-state index contributed by atoms with van der Waals surface area (Å²) in [6, 6.07) is -2.00. The maximum atomic E-state index is 13.9. The molecule has 8 heteroatoms. The normalized spacial score (nSPS) is 27.2. The molecule has 8 nitrogen and oxygen atoms in total. The SMILES string of the molecule is CCCCCC(C(C)=O)N1CC(C)CC(N(C)C(=O)C(C(C)C)N2CC(C)CC(NC)C2=O)C1=O. The van der Waals surface area contributed by atoms with Gasteiger partial charge in [-0.1, -0.05) is 53.9 Å². The van der Waals surface area contributed by atoms with Gasteiger partial charge in [0.25, 0.3) is 0 Å². The number of nitrogens with one attached hydrogen (secondary N) is 1. The molecule has 0 spiro atoms. The first kappa shape index (κ1) is 29.3. The Balaban J connectivity index is 2.28. The molecular formula is C27H48N4O4. The minimum absolute atomic E-state index is 0.00217. The van der Waals surface area contributed by atoms with Crippen LogP contribution in [0.1, 0.15) is 80.1 Å². The fraction of sp³-hybridized carbons (Fsp3) is 0.852. The average Bonchev–Trinajstić information content (AvgIpc) is 2.79. The zero-order valence-corrected chi connectivity index (χ0v) is 23.2. The Morgan fingerprint density at radius 1 is 1.03 bits per heavy atom. The fourth-order valence-electron chi connectivity index (χ4n) is 5.78. The number of amides is 3. The summed E-state index contributed by atoms with van der Waals surface area (Å²) in [5.74, 6) is -0.0481. The second-order valence-electron chi connectivity index (χ2n) is 11.3. The number of hydrogen-bond donors (Lipinski definition) is 1. The van der Waals surface area contributed by atoms with Crippen LogP contribution in [0, 0.1) is 17.8 Å². The Morgan fingerprint density at radius 2 is 1.63 bits per heavy atom. The number of carbonyl (C=O) groups excluding carboxylic acids is 4. The first-order chi connectivity index (χ1) is 16.4. The Morgan fingerprint density at radius 3 is 2.17 bits per heavy atom. The van der Waals surface area contributed by atoms with Gasteiger partial charge < -0.3 is 20.0 Å². The number of Topliss-reactive ketones (excluding diaryl/α,β-unsaturated/α-hetero) is 1. The van der Waals surface area contributed by atoms with Gasteiger partial charge in [-0.05, 0) is 51.0 Å². The Kier molecular flexibility index (Phi) is 10.7. The van der Waals surface area contributed by atoms with Crippen LogP contribution in [-0.2, 0) is 19.2 Å². The number of nitrogens with zero attached hydrogens (tertiary/aromatic N) is 3. The molecule has 0 aromatic carbocycles. The first-order valence-electron chi connectivity index (χ1n) is 13.5. The van der Waals surface area contributed by atoms with Gasteiger partial charge in [0.05, 0.1) is 12.1 Å². The van der Waals surface area contributed by atoms with E-state index >= 15 is 0 Å². The number of likely N-dealkylation sites (N-methyl/N-ethyl adjacent to an activating group) is 2. The van der Waals surface area contributed by atoms with Gasteiger partial charge in [-0.25, -0.2) is 0 Å². The molecule has 0 saturated carbocycles. The molecule has 2 heterocycles. The maximum absolute atomic E-state index is 13.9. The molecule has 3 amide bonds. The standard InChI is InChI=1S/C27H48N4O4/c1-9-10-11-12-22(20(6)32)30-15-19(5)14-23(26(30)34)29(8)27(35)24(17(2)3)31-16-18(4)13-21(28-7)25(31)33/h17-19,21-24,28H,9-16H2,1-8H3. The molecule has 200 valence electrons. The third-order valence-electron chi connectivity index (χ3n) is 7.74. The van der Waals surface area contributed by atoms with Gasteiger partial charge in [0.15, 0.2) is 5.78 Å². The quantitative estimate of drug-likeness (QED) is 0.448. The molecule has 2 aliphatic heterocycles. The average molecular weight is 493 g/mol. The molecule has 2 fully saturated rings. The Labute approximate surface area is 212 Å². The zero-order valence-electron chi connectivity index (χ0n) is 23.2. The van der Waals surface area contributed by atoms with Crippen LogP contribution >= 0.6 is 0 Å². The van der Waals surface area contributed by atoms with E-state index in [1.807, 2.05) is 13.8 Å². The molecule has 0 aliphatic carbocycles. The van der Waals surface area contributed by atoms with Crippen molar-refractivity contribution in [1.29, 1.82) is 0 Å². The van der Waals surface area contributed by atoms with Gasteiger partial charge in [0, 0.05) is 20.1 Å². The predicted octanol–water partition coefficient (Wildman–Crippen LogP) is 2.70. The third kappa shape index (κ3) is 6.83. The lowest BCUT2D eigenvalue weighted by molar-refractivity contribution is -0.159. The van der Waals surface area contributed by atoms with E-state index in [-0.39, 0.29) is 47.3 Å². The van der Waals surface area contributed by atoms with Crippen molar-refractivity contribution in [2.24, 2.45) is 17.8 Å². The van der Waals surface area contributed by atoms with E-state index in [9.17, 15) is 19.2 Å². The molecule has 6 unspecified atom stereocenters. The minimum Gasteiger partial charge on any atom is -0.332 e. The van der Waals surface area contributed by atoms with E-state index in [1.54, 1.807) is 35.7 Å². The molecule has 6 atom stereocenters. The number of piperidine rings is 2. The fourth-order valence-corrected chi connectivity index (χ4v) is 5.78. The number of likely N-dealkylation sites (tertiary alicyclic amines) is 2. The van der Waals surface area contributed by atoms with Crippen LogP contribution in [0.4, 0.5) is 0 Å². The van der Waals surface area contributed by atoms with Gasteiger partial charge in [0.2, 0.25) is 17.7 Å². The van der Waals surface area contributed by atoms with Crippen molar-refractivity contribution in [2.75, 3.05) is 27.2 Å². The van der Waals surface area contributed by atoms with Crippen molar-refractivity contribution in [1.82, 2.24) is 20.0 Å². The highest BCUT2D eigenvalue weighted by Gasteiger charge is 2.45. The largest absolute Gasteiger partial charge is 0.332 e. The van der Waals surface area contributed by atoms with E-state index in [0.717, 1.165) is 25.7 Å². The number of unbranched alkanes of at least 4 members (excludes halogenated alkanes) is 2. The second kappa shape index (κ2) is 12.8. The zero-order chi connectivity index (χ0) is 26.4. The van der Waals surface area contributed by atoms with Crippen molar-refractivity contribution in [3.63, 3.8) is 0 Å². The van der Waals surface area contributed by atoms with E-state index < -0.39 is 18.1 Å². The van der Waals surface area contributed by atoms with Crippen LogP contribution in [0.15, 0.2) is 0 Å². The molecule has 1 N–H and O–H groups in total. The van der Waals surface area contributed by atoms with Crippen LogP contribution in [0.2, 0.25) is 0 Å². The van der Waals surface area contributed by atoms with Gasteiger partial charge in [-0.3, -0.25) is 19.2 Å². The van der Waals surface area contributed by atoms with Crippen LogP contribution in [0.5, 0.6) is 0 Å². The number of carbonyl (C=O) groups is 4. The smallest absolute Gasteiger partial charge is 0.246 e. The van der Waals surface area contributed by atoms with E-state index in [2.05, 4.69) is 26.1 Å². The van der Waals surface area contributed by atoms with Crippen LogP contribution in [0.25, 0.3) is 0 Å². The molecule has 0 radical (unpaired) electrons. The molecule has 2 saturated heterocycles. The highest BCUT2D eigenvalue weighted by molar-refractivity contribution is 5.95. The molecular weight excluding hydrogens is 444 g/mol. The van der Waals surface area contributed by atoms with E-state index in [4.69, 9.17) is 0 Å². The summed E-state index contributed by atoms with van der Waals surface area (Å²) in [6.07, 6.45) is 4.94. The highest BCUT2D eigenvalue weighted by atomic mass is 16.2. The van der Waals surface area contributed by atoms with Gasteiger partial charge >= 0.3 is 0 Å². The van der Waals surface area contributed by atoms with Crippen LogP contribution in [-0.4, -0.2) is 89.6 Å². The molecule has 35 heavy (non-hydrogen) atoms. The molecule has 2 rings (SSSR count). The van der Waals surface area contributed by atoms with Gasteiger partial charge in [0.1, 0.15) is 12.1 Å². The molecule has 0 bridgehead atoms. The Bertz CT molecular complexity index is 770. The minimum atomic E-state index is -0.627. The van der Waals surface area contributed by atoms with Crippen molar-refractivity contribution in [2.45, 2.75) is 104 Å². The van der Waals surface area contributed by atoms with E-state index in [1.165, 1.54) is 0 Å². The van der Waals surface area contributed by atoms with Crippen LogP contribution in [0.3, 0.4) is 0 Å². The van der Waals surface area contributed by atoms with Crippen molar-refractivity contribution in [3.05, 3.63) is 0 Å². The summed E-state index contributed by atoms with van der Waals surface area (Å²) in [6.45, 7) is 12.8. The van der Waals surface area contributed by atoms with Crippen LogP contribution < -0.4 is 5.32 Å². The third-order valence-corrected chi connectivity index (χ3v) is 7.74. The number of rotatable bonds is 11. The van der Waals surface area contributed by atoms with Gasteiger partial charge in [-0.2, -0.15) is 0 Å². The summed E-state index contributed by atoms with van der Waals surface area (Å²) < 4.78 is 0. The summed E-state index contributed by atoms with van der Waals surface area (Å²) in [5.41, 5.74) is 0. The summed E-state index contributed by atoms with van der Waals surface area (Å²) in [5, 5.41) is 3.09. The van der Waals surface area contributed by atoms with Crippen molar-refractivity contribution in [3.8, 4) is 0 Å². The molecule has 0 aromatic rings. The summed E-state index contributed by atoms with van der Waals surface area (Å²) in [7, 11) is 3.46. The van der Waals surface area contributed by atoms with E-state index in [0.29, 0.717) is 25.9 Å². The lowest BCUT2D eigenvalue weighted by Gasteiger charge is -2.46. The number of ketones is 1. The number of hydrogen-bond acceptors (Lipinski definition) is 5. The lowest BCUT2D eigenvalue weighted by Crippen LogP contribution is -2.64. The summed E-state index contributed by atoms with van der Waals surface area (Å²) >= 11 is 0. The van der Waals surface area contributed by atoms with Crippen molar-refractivity contribution < 1.29 is 19.2 Å². The molecule has 0 aromatic heterocycles. The first-order valence-corrected chi connectivity index (χ1v) is 13.5. The second-order valence-corrected chi connectivity index (χ2v) is 11.3. The predicted molar refractivity (Wildman–Crippen MR) is 138 cm³/mol.